The van der Waals surface area contributed by atoms with Crippen LogP contribution >= 0.6 is 0 Å². The number of pyridine rings is 1. The maximum atomic E-state index is 6.01. The molecule has 1 fully saturated rings. The Balaban J connectivity index is 1.83. The Bertz CT molecular complexity index is 639. The Labute approximate surface area is 123 Å². The standard InChI is InChI=1S/C14H20N6O/c1-20-5-3-9(4-6-20)17-14-18-12(15)11-7-10(21-2)8-16-13(11)19-14/h7-9H,3-6H2,1-2H3,(H3,15,16,17,18,19). The summed E-state index contributed by atoms with van der Waals surface area (Å²) in [4.78, 5) is 15.4. The molecule has 2 aromatic heterocycles. The molecule has 3 N–H and O–H groups in total. The van der Waals surface area contributed by atoms with Gasteiger partial charge in [-0.05, 0) is 39.0 Å². The number of methoxy groups -OCH3 is 1. The number of hydrogen-bond acceptors (Lipinski definition) is 7. The van der Waals surface area contributed by atoms with Crippen LogP contribution in [0.15, 0.2) is 12.3 Å². The third-order valence-corrected chi connectivity index (χ3v) is 3.84. The molecule has 0 amide bonds. The zero-order chi connectivity index (χ0) is 14.8. The van der Waals surface area contributed by atoms with Crippen LogP contribution in [-0.4, -0.2) is 53.1 Å². The lowest BCUT2D eigenvalue weighted by Crippen LogP contribution is -2.37. The van der Waals surface area contributed by atoms with Gasteiger partial charge in [0, 0.05) is 6.04 Å². The SMILES string of the molecule is COc1cnc2nc(NC3CCN(C)CC3)nc(N)c2c1. The number of nitrogens with one attached hydrogen (secondary N) is 1. The quantitative estimate of drug-likeness (QED) is 0.874. The molecule has 0 radical (unpaired) electrons. The second-order valence-corrected chi connectivity index (χ2v) is 5.40. The number of hydrogen-bond donors (Lipinski definition) is 2. The highest BCUT2D eigenvalue weighted by Gasteiger charge is 2.18. The molecular weight excluding hydrogens is 268 g/mol. The maximum Gasteiger partial charge on any atom is 0.226 e. The van der Waals surface area contributed by atoms with Crippen molar-refractivity contribution in [2.75, 3.05) is 38.3 Å². The maximum absolute atomic E-state index is 6.01. The van der Waals surface area contributed by atoms with Gasteiger partial charge in [0.1, 0.15) is 11.6 Å². The first kappa shape index (κ1) is 13.8. The number of piperidine rings is 1. The summed E-state index contributed by atoms with van der Waals surface area (Å²) in [7, 11) is 3.73. The third-order valence-electron chi connectivity index (χ3n) is 3.84. The van der Waals surface area contributed by atoms with E-state index >= 15 is 0 Å². The molecule has 1 saturated heterocycles. The van der Waals surface area contributed by atoms with E-state index in [1.54, 1.807) is 19.4 Å². The van der Waals surface area contributed by atoms with Crippen molar-refractivity contribution < 1.29 is 4.74 Å². The predicted octanol–water partition coefficient (Wildman–Crippen LogP) is 1.12. The van der Waals surface area contributed by atoms with E-state index in [1.165, 1.54) is 0 Å². The van der Waals surface area contributed by atoms with Crippen LogP contribution in [0, 0.1) is 0 Å². The highest BCUT2D eigenvalue weighted by atomic mass is 16.5. The van der Waals surface area contributed by atoms with Crippen LogP contribution in [0.4, 0.5) is 11.8 Å². The summed E-state index contributed by atoms with van der Waals surface area (Å²) in [6, 6.07) is 2.19. The molecule has 0 bridgehead atoms. The van der Waals surface area contributed by atoms with Gasteiger partial charge in [0.2, 0.25) is 5.95 Å². The number of nitrogens with zero attached hydrogens (tertiary/aromatic N) is 4. The summed E-state index contributed by atoms with van der Waals surface area (Å²) in [5, 5.41) is 4.07. The van der Waals surface area contributed by atoms with Gasteiger partial charge in [-0.1, -0.05) is 0 Å². The number of nitrogen functional groups attached to an aromatic ring is 1. The van der Waals surface area contributed by atoms with Gasteiger partial charge in [-0.2, -0.15) is 9.97 Å². The molecule has 0 aromatic carbocycles. The normalized spacial score (nSPS) is 17.0. The van der Waals surface area contributed by atoms with E-state index in [2.05, 4.69) is 32.2 Å². The van der Waals surface area contributed by atoms with E-state index in [0.717, 1.165) is 25.9 Å². The molecular formula is C14H20N6O. The Morgan fingerprint density at radius 3 is 2.81 bits per heavy atom. The molecule has 7 nitrogen and oxygen atoms in total. The molecule has 2 aromatic rings. The summed E-state index contributed by atoms with van der Waals surface area (Å²) >= 11 is 0. The molecule has 0 saturated carbocycles. The second kappa shape index (κ2) is 5.69. The van der Waals surface area contributed by atoms with Crippen LogP contribution in [0.25, 0.3) is 11.0 Å². The predicted molar refractivity (Wildman–Crippen MR) is 82.4 cm³/mol. The minimum absolute atomic E-state index is 0.385. The van der Waals surface area contributed by atoms with Crippen molar-refractivity contribution in [2.24, 2.45) is 0 Å². The van der Waals surface area contributed by atoms with Crippen LogP contribution in [0.5, 0.6) is 5.75 Å². The minimum Gasteiger partial charge on any atom is -0.495 e. The molecule has 21 heavy (non-hydrogen) atoms. The second-order valence-electron chi connectivity index (χ2n) is 5.40. The molecule has 1 aliphatic rings. The first-order valence-electron chi connectivity index (χ1n) is 7.08. The largest absolute Gasteiger partial charge is 0.495 e. The van der Waals surface area contributed by atoms with E-state index < -0.39 is 0 Å². The van der Waals surface area contributed by atoms with Crippen LogP contribution in [0.2, 0.25) is 0 Å². The highest BCUT2D eigenvalue weighted by Crippen LogP contribution is 2.23. The molecule has 0 spiro atoms. The average Bonchev–Trinajstić information content (AvgIpc) is 2.49. The summed E-state index contributed by atoms with van der Waals surface area (Å²) in [5.41, 5.74) is 6.60. The molecule has 0 atom stereocenters. The first-order valence-corrected chi connectivity index (χ1v) is 7.08. The number of nitrogens with two attached hydrogens (primary N) is 1. The summed E-state index contributed by atoms with van der Waals surface area (Å²) < 4.78 is 5.15. The molecule has 0 aliphatic carbocycles. The van der Waals surface area contributed by atoms with E-state index in [0.29, 0.717) is 34.6 Å². The topological polar surface area (TPSA) is 89.2 Å². The fraction of sp³-hybridized carbons (Fsp3) is 0.500. The number of fused-ring (bicyclic) bond motifs is 1. The molecule has 1 aliphatic heterocycles. The Morgan fingerprint density at radius 1 is 1.33 bits per heavy atom. The molecule has 7 heteroatoms. The molecule has 3 heterocycles. The lowest BCUT2D eigenvalue weighted by molar-refractivity contribution is 0.263. The van der Waals surface area contributed by atoms with Gasteiger partial charge < -0.3 is 20.7 Å². The van der Waals surface area contributed by atoms with Gasteiger partial charge in [-0.25, -0.2) is 4.98 Å². The van der Waals surface area contributed by atoms with Gasteiger partial charge in [-0.15, -0.1) is 0 Å². The van der Waals surface area contributed by atoms with Crippen molar-refractivity contribution in [2.45, 2.75) is 18.9 Å². The Hall–Kier alpha value is -2.15. The van der Waals surface area contributed by atoms with Crippen molar-refractivity contribution >= 4 is 22.8 Å². The van der Waals surface area contributed by atoms with Gasteiger partial charge in [-0.3, -0.25) is 0 Å². The average molecular weight is 288 g/mol. The monoisotopic (exact) mass is 288 g/mol. The number of likely N-dealkylation sites (tertiary alicyclic amines) is 1. The Morgan fingerprint density at radius 2 is 2.10 bits per heavy atom. The van der Waals surface area contributed by atoms with Gasteiger partial charge in [0.05, 0.1) is 18.7 Å². The minimum atomic E-state index is 0.385. The molecule has 3 rings (SSSR count). The van der Waals surface area contributed by atoms with Crippen LogP contribution in [-0.2, 0) is 0 Å². The van der Waals surface area contributed by atoms with Crippen molar-refractivity contribution in [3.8, 4) is 5.75 Å². The summed E-state index contributed by atoms with van der Waals surface area (Å²) in [5.74, 6) is 1.61. The molecule has 112 valence electrons. The van der Waals surface area contributed by atoms with Crippen LogP contribution < -0.4 is 15.8 Å². The van der Waals surface area contributed by atoms with Gasteiger partial charge >= 0.3 is 0 Å². The zero-order valence-corrected chi connectivity index (χ0v) is 12.3. The lowest BCUT2D eigenvalue weighted by Gasteiger charge is -2.29. The van der Waals surface area contributed by atoms with Crippen LogP contribution in [0.1, 0.15) is 12.8 Å². The van der Waals surface area contributed by atoms with E-state index in [4.69, 9.17) is 10.5 Å². The number of anilines is 2. The van der Waals surface area contributed by atoms with Crippen molar-refractivity contribution in [1.29, 1.82) is 0 Å². The fourth-order valence-electron chi connectivity index (χ4n) is 2.53. The van der Waals surface area contributed by atoms with Crippen LogP contribution in [0.3, 0.4) is 0 Å². The van der Waals surface area contributed by atoms with E-state index in [-0.39, 0.29) is 0 Å². The number of rotatable bonds is 3. The zero-order valence-electron chi connectivity index (χ0n) is 12.3. The molecule has 0 unspecified atom stereocenters. The number of ether oxygens (including phenoxy) is 1. The Kier molecular flexibility index (Phi) is 3.74. The first-order chi connectivity index (χ1) is 10.2. The summed E-state index contributed by atoms with van der Waals surface area (Å²) in [6.07, 6.45) is 3.79. The fourth-order valence-corrected chi connectivity index (χ4v) is 2.53. The van der Waals surface area contributed by atoms with E-state index in [9.17, 15) is 0 Å². The van der Waals surface area contributed by atoms with Crippen molar-refractivity contribution in [1.82, 2.24) is 19.9 Å². The highest BCUT2D eigenvalue weighted by molar-refractivity contribution is 5.87. The van der Waals surface area contributed by atoms with Gasteiger partial charge in [0.25, 0.3) is 0 Å². The van der Waals surface area contributed by atoms with Crippen molar-refractivity contribution in [3.05, 3.63) is 12.3 Å². The third kappa shape index (κ3) is 2.97. The van der Waals surface area contributed by atoms with Crippen molar-refractivity contribution in [3.63, 3.8) is 0 Å². The van der Waals surface area contributed by atoms with E-state index in [1.807, 2.05) is 0 Å². The smallest absolute Gasteiger partial charge is 0.226 e. The lowest BCUT2D eigenvalue weighted by atomic mass is 10.1. The van der Waals surface area contributed by atoms with Gasteiger partial charge in [0.15, 0.2) is 5.65 Å². The summed E-state index contributed by atoms with van der Waals surface area (Å²) in [6.45, 7) is 2.16. The number of aromatic nitrogens is 3.